The van der Waals surface area contributed by atoms with Crippen LogP contribution in [0.3, 0.4) is 0 Å². The number of imidazole rings is 1. The monoisotopic (exact) mass is 262 g/mol. The molecule has 1 aromatic carbocycles. The van der Waals surface area contributed by atoms with Gasteiger partial charge in [0, 0.05) is 38.2 Å². The maximum atomic E-state index is 13.3. The van der Waals surface area contributed by atoms with Crippen LogP contribution in [0.15, 0.2) is 30.6 Å². The Kier molecular flexibility index (Phi) is 3.85. The van der Waals surface area contributed by atoms with Crippen molar-refractivity contribution in [3.05, 3.63) is 47.8 Å². The van der Waals surface area contributed by atoms with Gasteiger partial charge in [0.25, 0.3) is 0 Å². The summed E-state index contributed by atoms with van der Waals surface area (Å²) in [5, 5.41) is 0. The molecule has 0 aliphatic carbocycles. The zero-order valence-electron chi connectivity index (χ0n) is 11.5. The van der Waals surface area contributed by atoms with Crippen molar-refractivity contribution >= 4 is 5.69 Å². The van der Waals surface area contributed by atoms with Gasteiger partial charge in [0.1, 0.15) is 11.6 Å². The lowest BCUT2D eigenvalue weighted by molar-refractivity contribution is 0.621. The molecule has 0 saturated heterocycles. The lowest BCUT2D eigenvalue weighted by Crippen LogP contribution is -2.22. The number of rotatable bonds is 4. The van der Waals surface area contributed by atoms with Gasteiger partial charge < -0.3 is 15.2 Å². The van der Waals surface area contributed by atoms with E-state index in [-0.39, 0.29) is 11.9 Å². The molecule has 4 nitrogen and oxygen atoms in total. The number of nitrogens with two attached hydrogens (primary N) is 1. The number of halogens is 1. The van der Waals surface area contributed by atoms with E-state index in [2.05, 4.69) is 4.98 Å². The maximum absolute atomic E-state index is 13.3. The van der Waals surface area contributed by atoms with Gasteiger partial charge in [-0.05, 0) is 30.7 Å². The molecule has 2 rings (SSSR count). The third-order valence-corrected chi connectivity index (χ3v) is 3.19. The van der Waals surface area contributed by atoms with Crippen molar-refractivity contribution in [1.82, 2.24) is 9.55 Å². The van der Waals surface area contributed by atoms with Crippen molar-refractivity contribution in [2.24, 2.45) is 12.8 Å². The molecule has 0 aliphatic heterocycles. The lowest BCUT2D eigenvalue weighted by atomic mass is 10.1. The molecule has 1 aromatic heterocycles. The Bertz CT molecular complexity index is 562. The highest BCUT2D eigenvalue weighted by atomic mass is 19.1. The Morgan fingerprint density at radius 1 is 1.47 bits per heavy atom. The Balaban J connectivity index is 2.28. The van der Waals surface area contributed by atoms with E-state index < -0.39 is 0 Å². The fourth-order valence-corrected chi connectivity index (χ4v) is 2.08. The molecule has 2 N–H and O–H groups in total. The Morgan fingerprint density at radius 3 is 2.79 bits per heavy atom. The highest BCUT2D eigenvalue weighted by Gasteiger charge is 2.13. The van der Waals surface area contributed by atoms with E-state index in [1.165, 1.54) is 12.1 Å². The van der Waals surface area contributed by atoms with Gasteiger partial charge >= 0.3 is 0 Å². The molecule has 19 heavy (non-hydrogen) atoms. The van der Waals surface area contributed by atoms with Crippen molar-refractivity contribution in [3.63, 3.8) is 0 Å². The van der Waals surface area contributed by atoms with Crippen LogP contribution in [0.4, 0.5) is 10.1 Å². The predicted molar refractivity (Wildman–Crippen MR) is 74.3 cm³/mol. The molecule has 1 atom stereocenters. The molecule has 0 amide bonds. The Labute approximate surface area is 112 Å². The molecule has 0 spiro atoms. The molecule has 0 unspecified atom stereocenters. The summed E-state index contributed by atoms with van der Waals surface area (Å²) in [4.78, 5) is 6.32. The van der Waals surface area contributed by atoms with Gasteiger partial charge in [-0.1, -0.05) is 0 Å². The minimum Gasteiger partial charge on any atom is -0.367 e. The van der Waals surface area contributed by atoms with Crippen molar-refractivity contribution in [3.8, 4) is 0 Å². The Morgan fingerprint density at radius 2 is 2.21 bits per heavy atom. The van der Waals surface area contributed by atoms with E-state index >= 15 is 0 Å². The first-order valence-corrected chi connectivity index (χ1v) is 6.21. The summed E-state index contributed by atoms with van der Waals surface area (Å²) in [5.41, 5.74) is 7.64. The number of anilines is 1. The number of hydrogen-bond donors (Lipinski definition) is 1. The zero-order chi connectivity index (χ0) is 14.0. The first-order chi connectivity index (χ1) is 8.99. The smallest absolute Gasteiger partial charge is 0.127 e. The maximum Gasteiger partial charge on any atom is 0.127 e. The van der Waals surface area contributed by atoms with E-state index in [0.717, 1.165) is 17.1 Å². The van der Waals surface area contributed by atoms with E-state index in [0.29, 0.717) is 6.54 Å². The largest absolute Gasteiger partial charge is 0.367 e. The molecule has 0 saturated carbocycles. The standard InChI is InChI=1S/C14H19FN4/c1-10(16)12-8-11(15)4-5-13(12)19(3)9-14-17-6-7-18(14)2/h4-8,10H,9,16H2,1-3H3/t10-/m1/s1. The van der Waals surface area contributed by atoms with Crippen molar-refractivity contribution < 1.29 is 4.39 Å². The van der Waals surface area contributed by atoms with Crippen LogP contribution in [0.2, 0.25) is 0 Å². The first-order valence-electron chi connectivity index (χ1n) is 6.21. The Hall–Kier alpha value is -1.88. The summed E-state index contributed by atoms with van der Waals surface area (Å²) >= 11 is 0. The second-order valence-corrected chi connectivity index (χ2v) is 4.80. The summed E-state index contributed by atoms with van der Waals surface area (Å²) in [6, 6.07) is 4.50. The molecular weight excluding hydrogens is 243 g/mol. The second kappa shape index (κ2) is 5.40. The highest BCUT2D eigenvalue weighted by Crippen LogP contribution is 2.26. The summed E-state index contributed by atoms with van der Waals surface area (Å²) in [7, 11) is 3.90. The molecule has 0 bridgehead atoms. The number of hydrogen-bond acceptors (Lipinski definition) is 3. The van der Waals surface area contributed by atoms with Crippen LogP contribution in [0.25, 0.3) is 0 Å². The molecular formula is C14H19FN4. The summed E-state index contributed by atoms with van der Waals surface area (Å²) in [6.45, 7) is 2.50. The van der Waals surface area contributed by atoms with Crippen LogP contribution < -0.4 is 10.6 Å². The van der Waals surface area contributed by atoms with E-state index in [4.69, 9.17) is 5.73 Å². The lowest BCUT2D eigenvalue weighted by Gasteiger charge is -2.23. The SMILES string of the molecule is C[C@@H](N)c1cc(F)ccc1N(C)Cc1nccn1C. The van der Waals surface area contributed by atoms with Gasteiger partial charge in [0.05, 0.1) is 6.54 Å². The van der Waals surface area contributed by atoms with Crippen LogP contribution in [-0.4, -0.2) is 16.6 Å². The number of benzene rings is 1. The van der Waals surface area contributed by atoms with E-state index in [1.807, 2.05) is 36.7 Å². The number of aromatic nitrogens is 2. The summed E-state index contributed by atoms with van der Waals surface area (Å²) < 4.78 is 15.3. The molecule has 0 fully saturated rings. The molecule has 102 valence electrons. The zero-order valence-corrected chi connectivity index (χ0v) is 11.5. The minimum atomic E-state index is -0.263. The van der Waals surface area contributed by atoms with Crippen LogP contribution in [0, 0.1) is 5.82 Å². The molecule has 0 radical (unpaired) electrons. The van der Waals surface area contributed by atoms with Crippen LogP contribution in [0.5, 0.6) is 0 Å². The van der Waals surface area contributed by atoms with Gasteiger partial charge in [0.2, 0.25) is 0 Å². The van der Waals surface area contributed by atoms with Crippen LogP contribution >= 0.6 is 0 Å². The average Bonchev–Trinajstić information content (AvgIpc) is 2.74. The third kappa shape index (κ3) is 2.93. The normalized spacial score (nSPS) is 12.5. The molecule has 1 heterocycles. The first kappa shape index (κ1) is 13.5. The van der Waals surface area contributed by atoms with Gasteiger partial charge in [-0.15, -0.1) is 0 Å². The van der Waals surface area contributed by atoms with Crippen molar-refractivity contribution in [1.29, 1.82) is 0 Å². The minimum absolute atomic E-state index is 0.213. The number of nitrogens with zero attached hydrogens (tertiary/aromatic N) is 3. The summed E-state index contributed by atoms with van der Waals surface area (Å²) in [6.07, 6.45) is 3.67. The van der Waals surface area contributed by atoms with Crippen LogP contribution in [0.1, 0.15) is 24.4 Å². The average molecular weight is 262 g/mol. The fourth-order valence-electron chi connectivity index (χ4n) is 2.08. The second-order valence-electron chi connectivity index (χ2n) is 4.80. The molecule has 0 aliphatic rings. The van der Waals surface area contributed by atoms with Gasteiger partial charge in [-0.3, -0.25) is 0 Å². The van der Waals surface area contributed by atoms with Crippen LogP contribution in [-0.2, 0) is 13.6 Å². The van der Waals surface area contributed by atoms with E-state index in [9.17, 15) is 4.39 Å². The van der Waals surface area contributed by atoms with Crippen molar-refractivity contribution in [2.75, 3.05) is 11.9 Å². The van der Waals surface area contributed by atoms with Gasteiger partial charge in [-0.2, -0.15) is 0 Å². The van der Waals surface area contributed by atoms with Gasteiger partial charge in [0.15, 0.2) is 0 Å². The quantitative estimate of drug-likeness (QED) is 0.919. The topological polar surface area (TPSA) is 47.1 Å². The van der Waals surface area contributed by atoms with E-state index in [1.54, 1.807) is 12.3 Å². The van der Waals surface area contributed by atoms with Gasteiger partial charge in [-0.25, -0.2) is 9.37 Å². The fraction of sp³-hybridized carbons (Fsp3) is 0.357. The highest BCUT2D eigenvalue weighted by molar-refractivity contribution is 5.54. The van der Waals surface area contributed by atoms with Crippen molar-refractivity contribution in [2.45, 2.75) is 19.5 Å². The molecule has 2 aromatic rings. The third-order valence-electron chi connectivity index (χ3n) is 3.19. The summed E-state index contributed by atoms with van der Waals surface area (Å²) in [5.74, 6) is 0.684. The molecule has 5 heteroatoms. The number of aryl methyl sites for hydroxylation is 1. The predicted octanol–water partition coefficient (Wildman–Crippen LogP) is 2.22.